The maximum absolute atomic E-state index is 10.9. The third kappa shape index (κ3) is 3.12. The first-order valence-corrected chi connectivity index (χ1v) is 6.43. The van der Waals surface area contributed by atoms with Crippen LogP contribution in [0.25, 0.3) is 0 Å². The second-order valence-electron chi connectivity index (χ2n) is 3.42. The predicted molar refractivity (Wildman–Crippen MR) is 73.8 cm³/mol. The monoisotopic (exact) mass is 296 g/mol. The van der Waals surface area contributed by atoms with E-state index < -0.39 is 4.92 Å². The number of para-hydroxylation sites is 1. The molecule has 0 bridgehead atoms. The molecule has 0 aliphatic carbocycles. The van der Waals surface area contributed by atoms with E-state index in [9.17, 15) is 10.1 Å². The second-order valence-corrected chi connectivity index (χ2v) is 4.86. The summed E-state index contributed by atoms with van der Waals surface area (Å²) in [5, 5.41) is 14.5. The van der Waals surface area contributed by atoms with Crippen LogP contribution in [0, 0.1) is 10.1 Å². The molecule has 0 aliphatic heterocycles. The minimum atomic E-state index is -0.434. The molecule has 2 aromatic rings. The van der Waals surface area contributed by atoms with Gasteiger partial charge in [-0.25, -0.2) is 9.97 Å². The standard InChI is InChI=1S/C11H9ClN4O2S/c1-13-11-14-6-7(12)10(15-11)19-9-5-3-2-4-8(9)16(17)18/h2-6H,1H3,(H,13,14,15). The highest BCUT2D eigenvalue weighted by atomic mass is 35.5. The van der Waals surface area contributed by atoms with E-state index in [1.54, 1.807) is 25.2 Å². The van der Waals surface area contributed by atoms with Gasteiger partial charge in [-0.1, -0.05) is 35.5 Å². The Bertz CT molecular complexity index is 623. The summed E-state index contributed by atoms with van der Waals surface area (Å²) in [7, 11) is 1.68. The smallest absolute Gasteiger partial charge is 0.283 e. The summed E-state index contributed by atoms with van der Waals surface area (Å²) < 4.78 is 0. The van der Waals surface area contributed by atoms with Crippen molar-refractivity contribution in [3.63, 3.8) is 0 Å². The van der Waals surface area contributed by atoms with E-state index in [1.165, 1.54) is 12.3 Å². The summed E-state index contributed by atoms with van der Waals surface area (Å²) in [5.41, 5.74) is 0.0215. The number of nitrogens with zero attached hydrogens (tertiary/aromatic N) is 3. The van der Waals surface area contributed by atoms with Crippen molar-refractivity contribution in [3.8, 4) is 0 Å². The van der Waals surface area contributed by atoms with E-state index in [0.717, 1.165) is 11.8 Å². The average Bonchev–Trinajstić information content (AvgIpc) is 2.41. The molecule has 0 amide bonds. The molecule has 6 nitrogen and oxygen atoms in total. The Balaban J connectivity index is 2.38. The van der Waals surface area contributed by atoms with Crippen LogP contribution in [0.5, 0.6) is 0 Å². The molecule has 1 N–H and O–H groups in total. The van der Waals surface area contributed by atoms with Gasteiger partial charge >= 0.3 is 0 Å². The number of hydrogen-bond donors (Lipinski definition) is 1. The van der Waals surface area contributed by atoms with Crippen molar-refractivity contribution in [1.29, 1.82) is 0 Å². The van der Waals surface area contributed by atoms with Crippen LogP contribution in [0.1, 0.15) is 0 Å². The Morgan fingerprint density at radius 3 is 2.84 bits per heavy atom. The highest BCUT2D eigenvalue weighted by molar-refractivity contribution is 7.99. The topological polar surface area (TPSA) is 81.0 Å². The van der Waals surface area contributed by atoms with Crippen LogP contribution in [0.4, 0.5) is 11.6 Å². The number of nitro benzene ring substituents is 1. The molecule has 0 fully saturated rings. The molecular formula is C11H9ClN4O2S. The van der Waals surface area contributed by atoms with Gasteiger partial charge in [-0.3, -0.25) is 10.1 Å². The summed E-state index contributed by atoms with van der Waals surface area (Å²) in [6.45, 7) is 0. The molecule has 98 valence electrons. The van der Waals surface area contributed by atoms with Crippen molar-refractivity contribution in [3.05, 3.63) is 45.6 Å². The summed E-state index contributed by atoms with van der Waals surface area (Å²) >= 11 is 7.13. The van der Waals surface area contributed by atoms with Crippen molar-refractivity contribution in [2.75, 3.05) is 12.4 Å². The third-order valence-corrected chi connectivity index (χ3v) is 3.66. The van der Waals surface area contributed by atoms with Gasteiger partial charge in [-0.2, -0.15) is 0 Å². The van der Waals surface area contributed by atoms with Gasteiger partial charge in [0.05, 0.1) is 21.0 Å². The highest BCUT2D eigenvalue weighted by Crippen LogP contribution is 2.36. The Morgan fingerprint density at radius 2 is 2.16 bits per heavy atom. The highest BCUT2D eigenvalue weighted by Gasteiger charge is 2.16. The lowest BCUT2D eigenvalue weighted by molar-refractivity contribution is -0.387. The summed E-state index contributed by atoms with van der Waals surface area (Å²) in [6, 6.07) is 6.43. The SMILES string of the molecule is CNc1ncc(Cl)c(Sc2ccccc2[N+](=O)[O-])n1. The van der Waals surface area contributed by atoms with Gasteiger partial charge in [0.1, 0.15) is 5.03 Å². The normalized spacial score (nSPS) is 10.2. The number of halogens is 1. The Morgan fingerprint density at radius 1 is 1.42 bits per heavy atom. The average molecular weight is 297 g/mol. The van der Waals surface area contributed by atoms with Gasteiger partial charge in [0.25, 0.3) is 5.69 Å². The number of rotatable bonds is 4. The van der Waals surface area contributed by atoms with Crippen molar-refractivity contribution < 1.29 is 4.92 Å². The van der Waals surface area contributed by atoms with Crippen molar-refractivity contribution in [1.82, 2.24) is 9.97 Å². The van der Waals surface area contributed by atoms with Crippen molar-refractivity contribution in [2.45, 2.75) is 9.92 Å². The largest absolute Gasteiger partial charge is 0.357 e. The number of anilines is 1. The van der Waals surface area contributed by atoms with Crippen molar-refractivity contribution in [2.24, 2.45) is 0 Å². The molecule has 19 heavy (non-hydrogen) atoms. The van der Waals surface area contributed by atoms with Crippen LogP contribution < -0.4 is 5.32 Å². The molecule has 8 heteroatoms. The Kier molecular flexibility index (Phi) is 4.18. The van der Waals surface area contributed by atoms with Crippen LogP contribution in [0.2, 0.25) is 5.02 Å². The zero-order chi connectivity index (χ0) is 13.8. The van der Waals surface area contributed by atoms with Gasteiger partial charge in [-0.15, -0.1) is 0 Å². The van der Waals surface area contributed by atoms with E-state index in [1.807, 2.05) is 0 Å². The van der Waals surface area contributed by atoms with E-state index >= 15 is 0 Å². The minimum absolute atomic E-state index is 0.0215. The van der Waals surface area contributed by atoms with Gasteiger partial charge in [0.2, 0.25) is 5.95 Å². The maximum Gasteiger partial charge on any atom is 0.283 e. The first-order chi connectivity index (χ1) is 9.11. The van der Waals surface area contributed by atoms with Crippen LogP contribution in [-0.4, -0.2) is 21.9 Å². The summed E-state index contributed by atoms with van der Waals surface area (Å²) in [4.78, 5) is 19.1. The van der Waals surface area contributed by atoms with Gasteiger partial charge in [-0.05, 0) is 6.07 Å². The molecule has 0 spiro atoms. The molecule has 0 radical (unpaired) electrons. The van der Waals surface area contributed by atoms with Crippen LogP contribution in [0.3, 0.4) is 0 Å². The van der Waals surface area contributed by atoms with E-state index in [-0.39, 0.29) is 5.69 Å². The molecule has 1 aromatic carbocycles. The lowest BCUT2D eigenvalue weighted by atomic mass is 10.3. The fourth-order valence-electron chi connectivity index (χ4n) is 1.34. The predicted octanol–water partition coefficient (Wildman–Crippen LogP) is 3.23. The molecular weight excluding hydrogens is 288 g/mol. The molecule has 0 saturated heterocycles. The first kappa shape index (κ1) is 13.6. The zero-order valence-corrected chi connectivity index (χ0v) is 11.4. The Labute approximate surface area is 118 Å². The second kappa shape index (κ2) is 5.85. The number of nitro groups is 1. The van der Waals surface area contributed by atoms with E-state index in [2.05, 4.69) is 15.3 Å². The minimum Gasteiger partial charge on any atom is -0.357 e. The van der Waals surface area contributed by atoms with E-state index in [4.69, 9.17) is 11.6 Å². The Hall–Kier alpha value is -1.86. The molecule has 1 heterocycles. The molecule has 0 saturated carbocycles. The summed E-state index contributed by atoms with van der Waals surface area (Å²) in [5.74, 6) is 0.408. The fourth-order valence-corrected chi connectivity index (χ4v) is 2.43. The maximum atomic E-state index is 10.9. The molecule has 0 unspecified atom stereocenters. The molecule has 0 atom stereocenters. The lowest BCUT2D eigenvalue weighted by Crippen LogP contribution is -1.97. The van der Waals surface area contributed by atoms with E-state index in [0.29, 0.717) is 20.9 Å². The molecule has 1 aromatic heterocycles. The number of nitrogens with one attached hydrogen (secondary N) is 1. The zero-order valence-electron chi connectivity index (χ0n) is 9.83. The van der Waals surface area contributed by atoms with Crippen molar-refractivity contribution >= 4 is 35.0 Å². The van der Waals surface area contributed by atoms with Gasteiger partial charge in [0.15, 0.2) is 0 Å². The van der Waals surface area contributed by atoms with Crippen LogP contribution >= 0.6 is 23.4 Å². The van der Waals surface area contributed by atoms with Crippen LogP contribution in [0.15, 0.2) is 40.4 Å². The molecule has 0 aliphatic rings. The number of aromatic nitrogens is 2. The molecule has 2 rings (SSSR count). The van der Waals surface area contributed by atoms with Gasteiger partial charge < -0.3 is 5.32 Å². The number of hydrogen-bond acceptors (Lipinski definition) is 6. The third-order valence-electron chi connectivity index (χ3n) is 2.20. The van der Waals surface area contributed by atoms with Crippen LogP contribution in [-0.2, 0) is 0 Å². The van der Waals surface area contributed by atoms with Gasteiger partial charge in [0, 0.05) is 13.1 Å². The fraction of sp³-hybridized carbons (Fsp3) is 0.0909. The number of benzene rings is 1. The lowest BCUT2D eigenvalue weighted by Gasteiger charge is -2.05. The summed E-state index contributed by atoms with van der Waals surface area (Å²) in [6.07, 6.45) is 1.46. The first-order valence-electron chi connectivity index (χ1n) is 5.23. The quantitative estimate of drug-likeness (QED) is 0.530.